The van der Waals surface area contributed by atoms with Crippen molar-refractivity contribution in [1.82, 2.24) is 4.90 Å². The standard InChI is InChI=1S/C20H22ClNO3S/c21-17-7-4-6-16(14-17)11-12-20(23)22-13-5-8-18(22)15-26(24,25)19-9-2-1-3-10-19/h1-4,6-7,9-10,14,18H,5,8,11-13,15H2. The van der Waals surface area contributed by atoms with Crippen LogP contribution < -0.4 is 0 Å². The van der Waals surface area contributed by atoms with E-state index < -0.39 is 9.84 Å². The van der Waals surface area contributed by atoms with E-state index in [1.807, 2.05) is 18.2 Å². The quantitative estimate of drug-likeness (QED) is 0.753. The molecule has 1 unspecified atom stereocenters. The molecule has 0 bridgehead atoms. The Bertz CT molecular complexity index is 868. The first-order chi connectivity index (χ1) is 12.5. The molecule has 26 heavy (non-hydrogen) atoms. The van der Waals surface area contributed by atoms with E-state index in [9.17, 15) is 13.2 Å². The van der Waals surface area contributed by atoms with Gasteiger partial charge >= 0.3 is 0 Å². The molecule has 1 saturated heterocycles. The van der Waals surface area contributed by atoms with Crippen molar-refractivity contribution in [2.45, 2.75) is 36.6 Å². The lowest BCUT2D eigenvalue weighted by atomic mass is 10.1. The third kappa shape index (κ3) is 4.65. The maximum Gasteiger partial charge on any atom is 0.223 e. The highest BCUT2D eigenvalue weighted by atomic mass is 35.5. The number of likely N-dealkylation sites (tertiary alicyclic amines) is 1. The van der Waals surface area contributed by atoms with E-state index in [0.717, 1.165) is 18.4 Å². The molecular formula is C20H22ClNO3S. The van der Waals surface area contributed by atoms with Crippen LogP contribution in [0.5, 0.6) is 0 Å². The SMILES string of the molecule is O=C(CCc1cccc(Cl)c1)N1CCCC1CS(=O)(=O)c1ccccc1. The summed E-state index contributed by atoms with van der Waals surface area (Å²) in [4.78, 5) is 14.7. The van der Waals surface area contributed by atoms with Crippen molar-refractivity contribution in [3.63, 3.8) is 0 Å². The maximum absolute atomic E-state index is 12.6. The van der Waals surface area contributed by atoms with Gasteiger partial charge in [-0.2, -0.15) is 0 Å². The van der Waals surface area contributed by atoms with Gasteiger partial charge in [0.15, 0.2) is 9.84 Å². The van der Waals surface area contributed by atoms with Crippen LogP contribution in [0.25, 0.3) is 0 Å². The van der Waals surface area contributed by atoms with Gasteiger partial charge < -0.3 is 4.90 Å². The summed E-state index contributed by atoms with van der Waals surface area (Å²) in [5.41, 5.74) is 1.01. The second-order valence-electron chi connectivity index (χ2n) is 6.61. The van der Waals surface area contributed by atoms with Gasteiger partial charge in [0.05, 0.1) is 10.6 Å². The molecule has 1 heterocycles. The lowest BCUT2D eigenvalue weighted by molar-refractivity contribution is -0.131. The smallest absolute Gasteiger partial charge is 0.223 e. The molecule has 138 valence electrons. The number of carbonyl (C=O) groups is 1. The molecular weight excluding hydrogens is 370 g/mol. The number of halogens is 1. The Morgan fingerprint density at radius 3 is 2.62 bits per heavy atom. The van der Waals surface area contributed by atoms with Crippen LogP contribution in [0.4, 0.5) is 0 Å². The summed E-state index contributed by atoms with van der Waals surface area (Å²) in [5.74, 6) is -0.00403. The van der Waals surface area contributed by atoms with Crippen molar-refractivity contribution in [3.05, 3.63) is 65.2 Å². The highest BCUT2D eigenvalue weighted by Gasteiger charge is 2.32. The largest absolute Gasteiger partial charge is 0.339 e. The second-order valence-corrected chi connectivity index (χ2v) is 9.08. The first-order valence-electron chi connectivity index (χ1n) is 8.77. The fraction of sp³-hybridized carbons (Fsp3) is 0.350. The van der Waals surface area contributed by atoms with Crippen molar-refractivity contribution < 1.29 is 13.2 Å². The average Bonchev–Trinajstić information content (AvgIpc) is 3.08. The summed E-state index contributed by atoms with van der Waals surface area (Å²) < 4.78 is 25.2. The number of rotatable bonds is 6. The molecule has 1 aliphatic rings. The molecule has 0 spiro atoms. The van der Waals surface area contributed by atoms with Crippen LogP contribution >= 0.6 is 11.6 Å². The molecule has 0 aliphatic carbocycles. The molecule has 1 aliphatic heterocycles. The Morgan fingerprint density at radius 1 is 1.12 bits per heavy atom. The van der Waals surface area contributed by atoms with Crippen LogP contribution in [0.1, 0.15) is 24.8 Å². The van der Waals surface area contributed by atoms with E-state index in [1.54, 1.807) is 41.3 Å². The van der Waals surface area contributed by atoms with Crippen LogP contribution in [0.15, 0.2) is 59.5 Å². The number of nitrogens with zero attached hydrogens (tertiary/aromatic N) is 1. The average molecular weight is 392 g/mol. The molecule has 2 aromatic rings. The van der Waals surface area contributed by atoms with Crippen LogP contribution in [-0.4, -0.2) is 37.6 Å². The first kappa shape index (κ1) is 18.9. The van der Waals surface area contributed by atoms with Gasteiger partial charge in [-0.05, 0) is 49.1 Å². The molecule has 0 saturated carbocycles. The topological polar surface area (TPSA) is 54.5 Å². The van der Waals surface area contributed by atoms with Crippen LogP contribution in [0.3, 0.4) is 0 Å². The Hall–Kier alpha value is -1.85. The van der Waals surface area contributed by atoms with Gasteiger partial charge in [-0.3, -0.25) is 4.79 Å². The van der Waals surface area contributed by atoms with Crippen molar-refractivity contribution >= 4 is 27.3 Å². The summed E-state index contributed by atoms with van der Waals surface area (Å²) in [6.07, 6.45) is 2.54. The van der Waals surface area contributed by atoms with Crippen molar-refractivity contribution in [2.75, 3.05) is 12.3 Å². The van der Waals surface area contributed by atoms with Crippen molar-refractivity contribution in [2.24, 2.45) is 0 Å². The van der Waals surface area contributed by atoms with E-state index in [4.69, 9.17) is 11.6 Å². The van der Waals surface area contributed by atoms with Crippen LogP contribution in [0.2, 0.25) is 5.02 Å². The summed E-state index contributed by atoms with van der Waals surface area (Å²) in [6, 6.07) is 15.7. The lowest BCUT2D eigenvalue weighted by Crippen LogP contribution is -2.39. The fourth-order valence-electron chi connectivity index (χ4n) is 3.40. The molecule has 1 fully saturated rings. The molecule has 0 aromatic heterocycles. The first-order valence-corrected chi connectivity index (χ1v) is 10.8. The van der Waals surface area contributed by atoms with Crippen LogP contribution in [0, 0.1) is 0 Å². The summed E-state index contributed by atoms with van der Waals surface area (Å²) in [6.45, 7) is 0.628. The molecule has 0 N–H and O–H groups in total. The Morgan fingerprint density at radius 2 is 1.88 bits per heavy atom. The van der Waals surface area contributed by atoms with Gasteiger partial charge in [0.2, 0.25) is 5.91 Å². The van der Waals surface area contributed by atoms with Gasteiger partial charge in [-0.25, -0.2) is 8.42 Å². The Kier molecular flexibility index (Phi) is 5.99. The van der Waals surface area contributed by atoms with Gasteiger partial charge in [0, 0.05) is 24.0 Å². The number of hydrogen-bond donors (Lipinski definition) is 0. The zero-order valence-corrected chi connectivity index (χ0v) is 16.0. The van der Waals surface area contributed by atoms with Crippen molar-refractivity contribution in [1.29, 1.82) is 0 Å². The predicted molar refractivity (Wildman–Crippen MR) is 103 cm³/mol. The number of aryl methyl sites for hydroxylation is 1. The number of amides is 1. The Labute approximate surface area is 159 Å². The summed E-state index contributed by atoms with van der Waals surface area (Å²) >= 11 is 5.98. The van der Waals surface area contributed by atoms with Crippen molar-refractivity contribution in [3.8, 4) is 0 Å². The zero-order valence-electron chi connectivity index (χ0n) is 14.5. The lowest BCUT2D eigenvalue weighted by Gasteiger charge is -2.24. The minimum atomic E-state index is -3.39. The summed E-state index contributed by atoms with van der Waals surface area (Å²) in [7, 11) is -3.39. The summed E-state index contributed by atoms with van der Waals surface area (Å²) in [5, 5.41) is 0.656. The number of sulfone groups is 1. The second kappa shape index (κ2) is 8.23. The van der Waals surface area contributed by atoms with E-state index in [1.165, 1.54) is 0 Å². The third-order valence-electron chi connectivity index (χ3n) is 4.73. The Balaban J connectivity index is 1.63. The minimum absolute atomic E-state index is 0.00994. The van der Waals surface area contributed by atoms with Gasteiger partial charge in [0.25, 0.3) is 0 Å². The fourth-order valence-corrected chi connectivity index (χ4v) is 5.23. The molecule has 0 radical (unpaired) electrons. The third-order valence-corrected chi connectivity index (χ3v) is 6.78. The van der Waals surface area contributed by atoms with Gasteiger partial charge in [0.1, 0.15) is 0 Å². The van der Waals surface area contributed by atoms with E-state index >= 15 is 0 Å². The van der Waals surface area contributed by atoms with E-state index in [0.29, 0.717) is 29.3 Å². The monoisotopic (exact) mass is 391 g/mol. The number of benzene rings is 2. The van der Waals surface area contributed by atoms with E-state index in [-0.39, 0.29) is 17.7 Å². The highest BCUT2D eigenvalue weighted by molar-refractivity contribution is 7.91. The van der Waals surface area contributed by atoms with Gasteiger partial charge in [-0.15, -0.1) is 0 Å². The zero-order chi connectivity index (χ0) is 18.6. The minimum Gasteiger partial charge on any atom is -0.339 e. The molecule has 1 amide bonds. The van der Waals surface area contributed by atoms with E-state index in [2.05, 4.69) is 0 Å². The normalized spacial score (nSPS) is 17.4. The highest BCUT2D eigenvalue weighted by Crippen LogP contribution is 2.23. The molecule has 6 heteroatoms. The van der Waals surface area contributed by atoms with Gasteiger partial charge in [-0.1, -0.05) is 41.9 Å². The number of carbonyl (C=O) groups excluding carboxylic acids is 1. The molecule has 4 nitrogen and oxygen atoms in total. The molecule has 2 aromatic carbocycles. The molecule has 1 atom stereocenters. The maximum atomic E-state index is 12.6. The molecule has 3 rings (SSSR count). The number of hydrogen-bond acceptors (Lipinski definition) is 3. The van der Waals surface area contributed by atoms with Crippen LogP contribution in [-0.2, 0) is 21.1 Å². The predicted octanol–water partition coefficient (Wildman–Crippen LogP) is 3.74.